The first kappa shape index (κ1) is 26.0. The van der Waals surface area contributed by atoms with Gasteiger partial charge in [0.2, 0.25) is 0 Å². The van der Waals surface area contributed by atoms with Crippen molar-refractivity contribution in [2.45, 2.75) is 25.0 Å². The summed E-state index contributed by atoms with van der Waals surface area (Å²) in [5, 5.41) is 2.87. The highest BCUT2D eigenvalue weighted by atomic mass is 32.1. The third-order valence-corrected chi connectivity index (χ3v) is 6.72. The second-order valence-corrected chi connectivity index (χ2v) is 8.92. The number of carbonyl (C=O) groups is 3. The van der Waals surface area contributed by atoms with Crippen LogP contribution in [0.2, 0.25) is 0 Å². The zero-order chi connectivity index (χ0) is 26.5. The van der Waals surface area contributed by atoms with Crippen LogP contribution in [0.15, 0.2) is 41.0 Å². The van der Waals surface area contributed by atoms with Gasteiger partial charge in [-0.3, -0.25) is 19.3 Å². The van der Waals surface area contributed by atoms with Crippen LogP contribution in [0.3, 0.4) is 0 Å². The number of anilines is 2. The number of rotatable bonds is 10. The van der Waals surface area contributed by atoms with E-state index in [4.69, 9.17) is 30.1 Å². The normalized spacial score (nSPS) is 15.7. The molecule has 37 heavy (non-hydrogen) atoms. The second-order valence-electron chi connectivity index (χ2n) is 8.15. The molecule has 5 N–H and O–H groups in total. The smallest absolute Gasteiger partial charge is 0.273 e. The molecule has 3 heterocycles. The number of nitrogens with zero attached hydrogens (tertiary/aromatic N) is 2. The van der Waals surface area contributed by atoms with Gasteiger partial charge in [-0.15, -0.1) is 0 Å². The Kier molecular flexibility index (Phi) is 7.94. The van der Waals surface area contributed by atoms with Gasteiger partial charge in [-0.2, -0.15) is 4.37 Å². The van der Waals surface area contributed by atoms with E-state index in [2.05, 4.69) is 9.69 Å². The summed E-state index contributed by atoms with van der Waals surface area (Å²) in [6.07, 6.45) is 3.00. The number of hydrogen-bond acceptors (Lipinski definition) is 10. The van der Waals surface area contributed by atoms with E-state index in [9.17, 15) is 14.4 Å². The minimum atomic E-state index is -1.25. The maximum Gasteiger partial charge on any atom is 0.273 e. The van der Waals surface area contributed by atoms with Crippen molar-refractivity contribution in [1.29, 1.82) is 0 Å². The number of aromatic nitrogens is 1. The van der Waals surface area contributed by atoms with Crippen molar-refractivity contribution in [3.8, 4) is 11.5 Å². The van der Waals surface area contributed by atoms with E-state index in [-0.39, 0.29) is 40.4 Å². The number of nitrogen functional groups attached to an aromatic ring is 1. The van der Waals surface area contributed by atoms with Gasteiger partial charge in [0.1, 0.15) is 10.6 Å². The van der Waals surface area contributed by atoms with Crippen molar-refractivity contribution in [1.82, 2.24) is 9.69 Å². The number of primary amides is 1. The van der Waals surface area contributed by atoms with Crippen molar-refractivity contribution in [3.05, 3.63) is 52.9 Å². The SMILES string of the molecule is COc1ccc(N(C(=O)c2snc(C(N)=O)c2N)[C@@H](C(=O)NC[C@H]2CCCO2)c2ccco2)cc1OC. The first-order chi connectivity index (χ1) is 17.8. The van der Waals surface area contributed by atoms with E-state index in [0.29, 0.717) is 29.6 Å². The van der Waals surface area contributed by atoms with Crippen molar-refractivity contribution < 1.29 is 33.0 Å². The molecular formula is C24H27N5O7S. The molecule has 0 bridgehead atoms. The number of ether oxygens (including phenoxy) is 3. The number of amides is 3. The Morgan fingerprint density at radius 1 is 1.24 bits per heavy atom. The monoisotopic (exact) mass is 529 g/mol. The van der Waals surface area contributed by atoms with E-state index in [0.717, 1.165) is 12.8 Å². The summed E-state index contributed by atoms with van der Waals surface area (Å²) >= 11 is 0.708. The molecule has 0 spiro atoms. The van der Waals surface area contributed by atoms with E-state index in [1.54, 1.807) is 30.3 Å². The molecule has 2 atom stereocenters. The molecule has 0 unspecified atom stereocenters. The van der Waals surface area contributed by atoms with Crippen LogP contribution in [-0.4, -0.2) is 55.6 Å². The Morgan fingerprint density at radius 3 is 2.62 bits per heavy atom. The van der Waals surface area contributed by atoms with Crippen LogP contribution >= 0.6 is 11.5 Å². The van der Waals surface area contributed by atoms with Crippen LogP contribution in [0.4, 0.5) is 11.4 Å². The molecule has 196 valence electrons. The van der Waals surface area contributed by atoms with Gasteiger partial charge in [0, 0.05) is 24.9 Å². The molecule has 1 aliphatic rings. The molecule has 0 radical (unpaired) electrons. The highest BCUT2D eigenvalue weighted by Crippen LogP contribution is 2.38. The molecule has 1 fully saturated rings. The van der Waals surface area contributed by atoms with Crippen molar-refractivity contribution in [3.63, 3.8) is 0 Å². The molecule has 1 saturated heterocycles. The van der Waals surface area contributed by atoms with Crippen molar-refractivity contribution >= 4 is 40.6 Å². The number of hydrogen-bond donors (Lipinski definition) is 3. The summed E-state index contributed by atoms with van der Waals surface area (Å²) in [4.78, 5) is 40.5. The van der Waals surface area contributed by atoms with Crippen LogP contribution in [0.1, 0.15) is 44.8 Å². The number of furan rings is 1. The predicted octanol–water partition coefficient (Wildman–Crippen LogP) is 2.12. The molecular weight excluding hydrogens is 502 g/mol. The molecule has 1 aromatic carbocycles. The lowest BCUT2D eigenvalue weighted by Gasteiger charge is -2.30. The van der Waals surface area contributed by atoms with E-state index in [1.807, 2.05) is 0 Å². The number of nitrogens with one attached hydrogen (secondary N) is 1. The zero-order valence-electron chi connectivity index (χ0n) is 20.3. The number of nitrogens with two attached hydrogens (primary N) is 2. The topological polar surface area (TPSA) is 172 Å². The summed E-state index contributed by atoms with van der Waals surface area (Å²) in [6.45, 7) is 0.893. The van der Waals surface area contributed by atoms with Gasteiger partial charge >= 0.3 is 0 Å². The van der Waals surface area contributed by atoms with Crippen LogP contribution in [0.5, 0.6) is 11.5 Å². The fourth-order valence-corrected chi connectivity index (χ4v) is 4.78. The van der Waals surface area contributed by atoms with E-state index < -0.39 is 23.8 Å². The van der Waals surface area contributed by atoms with Gasteiger partial charge in [0.05, 0.1) is 32.3 Å². The lowest BCUT2D eigenvalue weighted by atomic mass is 10.1. The van der Waals surface area contributed by atoms with Crippen LogP contribution in [0, 0.1) is 0 Å². The zero-order valence-corrected chi connectivity index (χ0v) is 21.1. The van der Waals surface area contributed by atoms with Crippen molar-refractivity contribution in [2.75, 3.05) is 38.0 Å². The summed E-state index contributed by atoms with van der Waals surface area (Å²) in [7, 11) is 2.93. The van der Waals surface area contributed by atoms with Crippen molar-refractivity contribution in [2.24, 2.45) is 5.73 Å². The molecule has 0 aliphatic carbocycles. The Bertz CT molecular complexity index is 1270. The van der Waals surface area contributed by atoms with Crippen LogP contribution in [-0.2, 0) is 9.53 Å². The molecule has 13 heteroatoms. The van der Waals surface area contributed by atoms with E-state index in [1.165, 1.54) is 25.4 Å². The Morgan fingerprint density at radius 2 is 2.03 bits per heavy atom. The maximum atomic E-state index is 14.0. The summed E-state index contributed by atoms with van der Waals surface area (Å²) < 4.78 is 25.9. The minimum Gasteiger partial charge on any atom is -0.493 e. The quantitative estimate of drug-likeness (QED) is 0.355. The van der Waals surface area contributed by atoms with Gasteiger partial charge in [-0.05, 0) is 48.6 Å². The lowest BCUT2D eigenvalue weighted by molar-refractivity contribution is -0.123. The molecule has 0 saturated carbocycles. The predicted molar refractivity (Wildman–Crippen MR) is 135 cm³/mol. The molecule has 3 aromatic rings. The molecule has 4 rings (SSSR count). The molecule has 2 aromatic heterocycles. The second kappa shape index (κ2) is 11.3. The van der Waals surface area contributed by atoms with Gasteiger partial charge in [-0.1, -0.05) is 0 Å². The van der Waals surface area contributed by atoms with Gasteiger partial charge in [-0.25, -0.2) is 0 Å². The lowest BCUT2D eigenvalue weighted by Crippen LogP contribution is -2.45. The third kappa shape index (κ3) is 5.37. The largest absolute Gasteiger partial charge is 0.493 e. The third-order valence-electron chi connectivity index (χ3n) is 5.87. The number of methoxy groups -OCH3 is 2. The minimum absolute atomic E-state index is 0.0629. The fraction of sp³-hybridized carbons (Fsp3) is 0.333. The molecule has 3 amide bonds. The summed E-state index contributed by atoms with van der Waals surface area (Å²) in [5.41, 5.74) is 11.3. The van der Waals surface area contributed by atoms with Gasteiger partial charge < -0.3 is 35.4 Å². The average molecular weight is 530 g/mol. The first-order valence-electron chi connectivity index (χ1n) is 11.4. The Labute approximate surface area is 216 Å². The highest BCUT2D eigenvalue weighted by Gasteiger charge is 2.38. The highest BCUT2D eigenvalue weighted by molar-refractivity contribution is 7.09. The number of carbonyl (C=O) groups excluding carboxylic acids is 3. The molecule has 12 nitrogen and oxygen atoms in total. The number of benzene rings is 1. The van der Waals surface area contributed by atoms with Crippen LogP contribution < -0.4 is 31.2 Å². The first-order valence-corrected chi connectivity index (χ1v) is 12.2. The van der Waals surface area contributed by atoms with E-state index >= 15 is 0 Å². The average Bonchev–Trinajstić information content (AvgIpc) is 3.67. The van der Waals surface area contributed by atoms with Crippen LogP contribution in [0.25, 0.3) is 0 Å². The summed E-state index contributed by atoms with van der Waals surface area (Å²) in [6, 6.07) is 6.69. The standard InChI is InChI=1S/C24H27N5O7S/c1-33-15-8-7-13(11-17(15)34-2)29(24(32)21-18(25)19(22(26)30)28-37-21)20(16-6-4-10-36-16)23(31)27-12-14-5-3-9-35-14/h4,6-8,10-11,14,20H,3,5,9,12,25H2,1-2H3,(H2,26,30)(H,27,31)/t14-,20-/m1/s1. The Balaban J connectivity index is 1.81. The Hall–Kier alpha value is -4.10. The van der Waals surface area contributed by atoms with Gasteiger partial charge in [0.25, 0.3) is 17.7 Å². The maximum absolute atomic E-state index is 14.0. The molecule has 1 aliphatic heterocycles. The van der Waals surface area contributed by atoms with Gasteiger partial charge in [0.15, 0.2) is 23.2 Å². The summed E-state index contributed by atoms with van der Waals surface area (Å²) in [5.74, 6) is -1.13. The fourth-order valence-electron chi connectivity index (χ4n) is 4.03.